The molecule has 0 radical (unpaired) electrons. The summed E-state index contributed by atoms with van der Waals surface area (Å²) in [7, 11) is 0. The number of carbonyl (C=O) groups is 1. The molecule has 0 spiro atoms. The molecular formula is C14H23N3O2S. The van der Waals surface area contributed by atoms with Crippen LogP contribution in [0, 0.1) is 0 Å². The van der Waals surface area contributed by atoms with Gasteiger partial charge in [0.1, 0.15) is 5.69 Å². The Kier molecular flexibility index (Phi) is 4.44. The number of aromatic amines is 1. The van der Waals surface area contributed by atoms with Crippen molar-refractivity contribution < 1.29 is 9.90 Å². The highest BCUT2D eigenvalue weighted by atomic mass is 32.2. The summed E-state index contributed by atoms with van der Waals surface area (Å²) in [6, 6.07) is 1.77. The SMILES string of the molecule is CC(C)(C)c1cc(C(=O)NCC2(O)CCSCC2)n[nH]1. The van der Waals surface area contributed by atoms with Crippen LogP contribution in [0.15, 0.2) is 6.07 Å². The minimum absolute atomic E-state index is 0.0652. The fraction of sp³-hybridized carbons (Fsp3) is 0.714. The predicted octanol–water partition coefficient (Wildman–Crippen LogP) is 1.70. The normalized spacial score (nSPS) is 18.8. The van der Waals surface area contributed by atoms with Gasteiger partial charge in [-0.05, 0) is 30.4 Å². The third kappa shape index (κ3) is 3.76. The first kappa shape index (κ1) is 15.4. The molecule has 0 saturated carbocycles. The highest BCUT2D eigenvalue weighted by Gasteiger charge is 2.30. The van der Waals surface area contributed by atoms with Crippen molar-refractivity contribution >= 4 is 17.7 Å². The van der Waals surface area contributed by atoms with Gasteiger partial charge in [0, 0.05) is 17.7 Å². The summed E-state index contributed by atoms with van der Waals surface area (Å²) in [5.41, 5.74) is 0.480. The quantitative estimate of drug-likeness (QED) is 0.793. The van der Waals surface area contributed by atoms with Crippen LogP contribution in [0.2, 0.25) is 0 Å². The van der Waals surface area contributed by atoms with E-state index in [0.29, 0.717) is 12.2 Å². The molecule has 1 saturated heterocycles. The summed E-state index contributed by atoms with van der Waals surface area (Å²) in [6.45, 7) is 6.48. The van der Waals surface area contributed by atoms with Crippen molar-refractivity contribution in [3.8, 4) is 0 Å². The van der Waals surface area contributed by atoms with Crippen LogP contribution in [0.1, 0.15) is 49.8 Å². The topological polar surface area (TPSA) is 78.0 Å². The zero-order valence-corrected chi connectivity index (χ0v) is 13.1. The van der Waals surface area contributed by atoms with Crippen LogP contribution in [0.4, 0.5) is 0 Å². The first-order chi connectivity index (χ1) is 9.30. The van der Waals surface area contributed by atoms with Gasteiger partial charge in [0.15, 0.2) is 0 Å². The second kappa shape index (κ2) is 5.77. The first-order valence-corrected chi connectivity index (χ1v) is 8.10. The highest BCUT2D eigenvalue weighted by molar-refractivity contribution is 7.99. The van der Waals surface area contributed by atoms with Gasteiger partial charge < -0.3 is 10.4 Å². The van der Waals surface area contributed by atoms with Crippen molar-refractivity contribution in [2.75, 3.05) is 18.1 Å². The third-order valence-corrected chi connectivity index (χ3v) is 4.61. The van der Waals surface area contributed by atoms with Crippen molar-refractivity contribution in [1.82, 2.24) is 15.5 Å². The summed E-state index contributed by atoms with van der Waals surface area (Å²) in [5, 5.41) is 20.1. The van der Waals surface area contributed by atoms with Gasteiger partial charge in [-0.1, -0.05) is 20.8 Å². The molecule has 2 heterocycles. The number of hydrogen-bond donors (Lipinski definition) is 3. The van der Waals surface area contributed by atoms with Crippen molar-refractivity contribution in [3.63, 3.8) is 0 Å². The zero-order valence-electron chi connectivity index (χ0n) is 12.3. The largest absolute Gasteiger partial charge is 0.388 e. The fourth-order valence-electron chi connectivity index (χ4n) is 2.09. The lowest BCUT2D eigenvalue weighted by molar-refractivity contribution is 0.0310. The molecule has 0 atom stereocenters. The lowest BCUT2D eigenvalue weighted by Gasteiger charge is -2.31. The minimum Gasteiger partial charge on any atom is -0.388 e. The maximum absolute atomic E-state index is 12.1. The zero-order chi connectivity index (χ0) is 14.8. The molecular weight excluding hydrogens is 274 g/mol. The van der Waals surface area contributed by atoms with Gasteiger partial charge in [-0.15, -0.1) is 0 Å². The van der Waals surface area contributed by atoms with Gasteiger partial charge in [0.2, 0.25) is 0 Å². The number of aromatic nitrogens is 2. The number of rotatable bonds is 3. The van der Waals surface area contributed by atoms with Crippen LogP contribution in [-0.2, 0) is 5.41 Å². The van der Waals surface area contributed by atoms with Crippen molar-refractivity contribution in [2.45, 2.75) is 44.6 Å². The number of nitrogens with zero attached hydrogens (tertiary/aromatic N) is 1. The van der Waals surface area contributed by atoms with E-state index in [9.17, 15) is 9.90 Å². The molecule has 6 heteroatoms. The van der Waals surface area contributed by atoms with Crippen LogP contribution in [0.5, 0.6) is 0 Å². The van der Waals surface area contributed by atoms with Gasteiger partial charge in [-0.25, -0.2) is 0 Å². The standard InChI is InChI=1S/C14H23N3O2S/c1-13(2,3)11-8-10(16-17-11)12(18)15-9-14(19)4-6-20-7-5-14/h8,19H,4-7,9H2,1-3H3,(H,15,18)(H,16,17). The molecule has 2 rings (SSSR count). The van der Waals surface area contributed by atoms with E-state index < -0.39 is 5.60 Å². The Morgan fingerprint density at radius 1 is 1.50 bits per heavy atom. The average molecular weight is 297 g/mol. The minimum atomic E-state index is -0.760. The molecule has 5 nitrogen and oxygen atoms in total. The molecule has 1 amide bonds. The molecule has 1 aliphatic heterocycles. The van der Waals surface area contributed by atoms with Crippen LogP contribution in [0.25, 0.3) is 0 Å². The predicted molar refractivity (Wildman–Crippen MR) is 81.1 cm³/mol. The third-order valence-electron chi connectivity index (χ3n) is 3.62. The highest BCUT2D eigenvalue weighted by Crippen LogP contribution is 2.26. The lowest BCUT2D eigenvalue weighted by Crippen LogP contribution is -2.45. The molecule has 1 aliphatic rings. The molecule has 1 fully saturated rings. The monoisotopic (exact) mass is 297 g/mol. The number of thioether (sulfide) groups is 1. The number of hydrogen-bond acceptors (Lipinski definition) is 4. The second-order valence-electron chi connectivity index (χ2n) is 6.44. The number of aliphatic hydroxyl groups is 1. The number of carbonyl (C=O) groups excluding carboxylic acids is 1. The van der Waals surface area contributed by atoms with Crippen molar-refractivity contribution in [1.29, 1.82) is 0 Å². The lowest BCUT2D eigenvalue weighted by atomic mass is 9.92. The molecule has 0 bridgehead atoms. The molecule has 0 aliphatic carbocycles. The Labute approximate surface area is 123 Å². The van der Waals surface area contributed by atoms with Crippen molar-refractivity contribution in [3.05, 3.63) is 17.5 Å². The first-order valence-electron chi connectivity index (χ1n) is 6.94. The molecule has 1 aromatic heterocycles. The van der Waals surface area contributed by atoms with E-state index >= 15 is 0 Å². The summed E-state index contributed by atoms with van der Waals surface area (Å²) in [6.07, 6.45) is 1.46. The van der Waals surface area contributed by atoms with E-state index in [1.165, 1.54) is 0 Å². The maximum atomic E-state index is 12.1. The van der Waals surface area contributed by atoms with Gasteiger partial charge in [0.05, 0.1) is 5.60 Å². The van der Waals surface area contributed by atoms with Gasteiger partial charge >= 0.3 is 0 Å². The smallest absolute Gasteiger partial charge is 0.271 e. The number of amides is 1. The summed E-state index contributed by atoms with van der Waals surface area (Å²) >= 11 is 1.84. The molecule has 0 aromatic carbocycles. The van der Waals surface area contributed by atoms with Crippen LogP contribution in [-0.4, -0.2) is 44.9 Å². The molecule has 112 valence electrons. The fourth-order valence-corrected chi connectivity index (χ4v) is 3.34. The van der Waals surface area contributed by atoms with E-state index in [1.807, 2.05) is 11.8 Å². The van der Waals surface area contributed by atoms with Crippen LogP contribution < -0.4 is 5.32 Å². The van der Waals surface area contributed by atoms with Crippen LogP contribution >= 0.6 is 11.8 Å². The van der Waals surface area contributed by atoms with Gasteiger partial charge in [-0.3, -0.25) is 9.89 Å². The van der Waals surface area contributed by atoms with Crippen LogP contribution in [0.3, 0.4) is 0 Å². The number of H-pyrrole nitrogens is 1. The van der Waals surface area contributed by atoms with E-state index in [0.717, 1.165) is 30.0 Å². The average Bonchev–Trinajstić information content (AvgIpc) is 2.86. The molecule has 1 aromatic rings. The maximum Gasteiger partial charge on any atom is 0.271 e. The second-order valence-corrected chi connectivity index (χ2v) is 7.66. The van der Waals surface area contributed by atoms with E-state index in [2.05, 4.69) is 36.3 Å². The summed E-state index contributed by atoms with van der Waals surface area (Å²) in [5.74, 6) is 1.66. The molecule has 3 N–H and O–H groups in total. The summed E-state index contributed by atoms with van der Waals surface area (Å²) < 4.78 is 0. The Morgan fingerprint density at radius 2 is 2.15 bits per heavy atom. The van der Waals surface area contributed by atoms with Crippen molar-refractivity contribution in [2.24, 2.45) is 0 Å². The molecule has 20 heavy (non-hydrogen) atoms. The molecule has 0 unspecified atom stereocenters. The van der Waals surface area contributed by atoms with E-state index in [-0.39, 0.29) is 11.3 Å². The van der Waals surface area contributed by atoms with E-state index in [1.54, 1.807) is 6.07 Å². The van der Waals surface area contributed by atoms with Gasteiger partial charge in [0.25, 0.3) is 5.91 Å². The Bertz CT molecular complexity index is 473. The Balaban J connectivity index is 1.93. The Hall–Kier alpha value is -1.01. The van der Waals surface area contributed by atoms with Gasteiger partial charge in [-0.2, -0.15) is 16.9 Å². The Morgan fingerprint density at radius 3 is 2.70 bits per heavy atom. The van der Waals surface area contributed by atoms with E-state index in [4.69, 9.17) is 0 Å². The number of nitrogens with one attached hydrogen (secondary N) is 2. The summed E-state index contributed by atoms with van der Waals surface area (Å²) in [4.78, 5) is 12.1.